The van der Waals surface area contributed by atoms with E-state index in [0.29, 0.717) is 0 Å². The summed E-state index contributed by atoms with van der Waals surface area (Å²) in [5.41, 5.74) is -1.90. The number of aliphatic hydroxyl groups excluding tert-OH is 1. The number of carbonyl (C=O) groups excluding carboxylic acids is 1. The van der Waals surface area contributed by atoms with E-state index in [2.05, 4.69) is 4.33 Å². The summed E-state index contributed by atoms with van der Waals surface area (Å²) in [6.07, 6.45) is 0. The maximum atomic E-state index is 9.49. The van der Waals surface area contributed by atoms with E-state index in [0.717, 1.165) is 0 Å². The fourth-order valence-corrected chi connectivity index (χ4v) is 0.229. The molecule has 1 atom stereocenters. The van der Waals surface area contributed by atoms with Crippen molar-refractivity contribution in [3.8, 4) is 0 Å². The molecule has 0 amide bonds. The molecule has 0 aromatic rings. The van der Waals surface area contributed by atoms with Gasteiger partial charge >= 0.3 is 59.1 Å². The van der Waals surface area contributed by atoms with Crippen LogP contribution in [0.4, 0.5) is 0 Å². The number of rotatable bonds is 3. The van der Waals surface area contributed by atoms with Gasteiger partial charge in [0.15, 0.2) is 5.44 Å². The van der Waals surface area contributed by atoms with E-state index in [-0.39, 0.29) is 71.2 Å². The molecule has 1 N–H and O–H groups in total. The van der Waals surface area contributed by atoms with Crippen LogP contribution in [0.2, 0.25) is 0 Å². The Balaban J connectivity index is -0.000000245. The maximum Gasteiger partial charge on any atom is 1.00 e. The van der Waals surface area contributed by atoms with Crippen molar-refractivity contribution in [1.82, 2.24) is 0 Å². The summed E-state index contributed by atoms with van der Waals surface area (Å²) in [5, 5.41) is 26.6. The molecule has 0 saturated heterocycles. The van der Waals surface area contributed by atoms with Crippen molar-refractivity contribution in [3.05, 3.63) is 0 Å². The molecular weight excluding hydrogens is 182 g/mol. The van der Waals surface area contributed by atoms with Crippen LogP contribution >= 0.6 is 12.0 Å². The van der Waals surface area contributed by atoms with E-state index < -0.39 is 11.4 Å². The van der Waals surface area contributed by atoms with Gasteiger partial charge in [-0.15, -0.1) is 0 Å². The number of aliphatic carboxylic acids is 1. The number of carboxylic acid groups (broad SMARTS) is 1. The van der Waals surface area contributed by atoms with Crippen LogP contribution in [-0.4, -0.2) is 16.5 Å². The van der Waals surface area contributed by atoms with Crippen LogP contribution < -0.4 is 69.5 Å². The number of carbonyl (C=O) groups is 1. The topological polar surface area (TPSA) is 92.7 Å². The molecule has 0 aromatic heterocycles. The summed E-state index contributed by atoms with van der Waals surface area (Å²) in [6.45, 7) is 0. The molecular formula is C2H2Na2O5S. The monoisotopic (exact) mass is 184 g/mol. The van der Waals surface area contributed by atoms with Gasteiger partial charge < -0.3 is 24.6 Å². The minimum Gasteiger partial charge on any atom is -0.710 e. The van der Waals surface area contributed by atoms with Crippen molar-refractivity contribution in [2.75, 3.05) is 0 Å². The van der Waals surface area contributed by atoms with Crippen LogP contribution in [0, 0.1) is 0 Å². The predicted molar refractivity (Wildman–Crippen MR) is 19.7 cm³/mol. The van der Waals surface area contributed by atoms with E-state index in [1.54, 1.807) is 0 Å². The van der Waals surface area contributed by atoms with Crippen LogP contribution in [0.25, 0.3) is 0 Å². The Bertz CT molecular complexity index is 89.7. The zero-order chi connectivity index (χ0) is 6.57. The molecule has 1 unspecified atom stereocenters. The summed E-state index contributed by atoms with van der Waals surface area (Å²) in [7, 11) is 0. The van der Waals surface area contributed by atoms with E-state index >= 15 is 0 Å². The molecule has 0 fully saturated rings. The van der Waals surface area contributed by atoms with Crippen molar-refractivity contribution < 1.29 is 83.7 Å². The normalized spacial score (nSPS) is 10.6. The van der Waals surface area contributed by atoms with Gasteiger partial charge in [0, 0.05) is 12.0 Å². The minimum atomic E-state index is -1.90. The Labute approximate surface area is 106 Å². The third-order valence-electron chi connectivity index (χ3n) is 0.332. The van der Waals surface area contributed by atoms with Gasteiger partial charge in [0.2, 0.25) is 0 Å². The Morgan fingerprint density at radius 2 is 2.00 bits per heavy atom. The second kappa shape index (κ2) is 10.7. The first-order valence-electron chi connectivity index (χ1n) is 1.52. The van der Waals surface area contributed by atoms with Crippen LogP contribution in [0.3, 0.4) is 0 Å². The molecule has 0 aliphatic heterocycles. The van der Waals surface area contributed by atoms with Crippen molar-refractivity contribution in [2.45, 2.75) is 5.44 Å². The van der Waals surface area contributed by atoms with Crippen LogP contribution in [-0.2, 0) is 9.13 Å². The summed E-state index contributed by atoms with van der Waals surface area (Å²) >= 11 is -0.123. The first kappa shape index (κ1) is 17.7. The van der Waals surface area contributed by atoms with Gasteiger partial charge in [0.1, 0.15) is 0 Å². The Hall–Kier alpha value is 1.70. The second-order valence-corrected chi connectivity index (χ2v) is 1.61. The predicted octanol–water partition coefficient (Wildman–Crippen LogP) is -9.00. The summed E-state index contributed by atoms with van der Waals surface area (Å²) in [6, 6.07) is 0. The number of hydrogen-bond donors (Lipinski definition) is 1. The Kier molecular flexibility index (Phi) is 18.9. The summed E-state index contributed by atoms with van der Waals surface area (Å²) < 4.78 is 2.96. The third-order valence-corrected chi connectivity index (χ3v) is 0.785. The summed E-state index contributed by atoms with van der Waals surface area (Å²) in [5.74, 6) is -1.74. The van der Waals surface area contributed by atoms with Gasteiger partial charge in [0.25, 0.3) is 0 Å². The molecule has 5 nitrogen and oxygen atoms in total. The summed E-state index contributed by atoms with van der Waals surface area (Å²) in [4.78, 5) is 9.49. The molecule has 0 saturated carbocycles. The fraction of sp³-hybridized carbons (Fsp3) is 0.500. The van der Waals surface area contributed by atoms with Crippen molar-refractivity contribution in [2.24, 2.45) is 0 Å². The first-order valence-corrected chi connectivity index (χ1v) is 2.33. The zero-order valence-corrected chi connectivity index (χ0v) is 10.4. The molecule has 0 spiro atoms. The quantitative estimate of drug-likeness (QED) is 0.154. The number of carboxylic acids is 1. The molecule has 0 heterocycles. The van der Waals surface area contributed by atoms with Crippen LogP contribution in [0.5, 0.6) is 0 Å². The molecule has 0 radical (unpaired) electrons. The van der Waals surface area contributed by atoms with Gasteiger partial charge in [-0.3, -0.25) is 0 Å². The van der Waals surface area contributed by atoms with Crippen molar-refractivity contribution in [3.63, 3.8) is 0 Å². The van der Waals surface area contributed by atoms with Gasteiger partial charge in [-0.05, 0) is 0 Å². The van der Waals surface area contributed by atoms with Gasteiger partial charge in [0.05, 0.1) is 5.97 Å². The number of hydrogen-bond acceptors (Lipinski definition) is 6. The smallest absolute Gasteiger partial charge is 0.710 e. The molecule has 0 aliphatic rings. The van der Waals surface area contributed by atoms with Gasteiger partial charge in [-0.1, -0.05) is 0 Å². The molecule has 0 rings (SSSR count). The first-order chi connectivity index (χ1) is 3.68. The molecule has 8 heteroatoms. The van der Waals surface area contributed by atoms with Crippen LogP contribution in [0.15, 0.2) is 0 Å². The molecule has 48 valence electrons. The SMILES string of the molecule is O=C([O-])C(O)SO[O-].[Na+].[Na+]. The maximum absolute atomic E-state index is 9.49. The number of aliphatic hydroxyl groups is 1. The van der Waals surface area contributed by atoms with Crippen molar-refractivity contribution >= 4 is 18.0 Å². The van der Waals surface area contributed by atoms with Gasteiger partial charge in [-0.2, -0.15) is 0 Å². The molecule has 0 aliphatic carbocycles. The average Bonchev–Trinajstić information content (AvgIpc) is 1.67. The zero-order valence-electron chi connectivity index (χ0n) is 5.57. The Morgan fingerprint density at radius 1 is 1.60 bits per heavy atom. The van der Waals surface area contributed by atoms with Crippen molar-refractivity contribution in [1.29, 1.82) is 0 Å². The van der Waals surface area contributed by atoms with E-state index in [1.807, 2.05) is 0 Å². The standard InChI is InChI=1S/C2H4O5S.2Na/c3-1(4)2(5)8-7-6;;/h2,5-6H,(H,3,4);;/q;2*+1/p-2. The van der Waals surface area contributed by atoms with E-state index in [4.69, 9.17) is 10.4 Å². The second-order valence-electron chi connectivity index (χ2n) is 0.836. The molecule has 0 bridgehead atoms. The van der Waals surface area contributed by atoms with Gasteiger partial charge in [-0.25, -0.2) is 0 Å². The van der Waals surface area contributed by atoms with E-state index in [9.17, 15) is 9.90 Å². The van der Waals surface area contributed by atoms with E-state index in [1.165, 1.54) is 0 Å². The third kappa shape index (κ3) is 9.70. The minimum absolute atomic E-state index is 0. The largest absolute Gasteiger partial charge is 1.00 e. The average molecular weight is 184 g/mol. The van der Waals surface area contributed by atoms with Crippen LogP contribution in [0.1, 0.15) is 0 Å². The molecule has 0 aromatic carbocycles. The Morgan fingerprint density at radius 3 is 2.10 bits per heavy atom. The fourth-order valence-electron chi connectivity index (χ4n) is 0.0765. The molecule has 10 heavy (non-hydrogen) atoms.